The quantitative estimate of drug-likeness (QED) is 0.766. The third-order valence-corrected chi connectivity index (χ3v) is 2.35. The fourth-order valence-corrected chi connectivity index (χ4v) is 1.56. The lowest BCUT2D eigenvalue weighted by molar-refractivity contribution is -0.113. The van der Waals surface area contributed by atoms with Gasteiger partial charge >= 0.3 is 0 Å². The number of fused-ring (bicyclic) bond motifs is 1. The Hall–Kier alpha value is -2.23. The summed E-state index contributed by atoms with van der Waals surface area (Å²) in [5, 5.41) is 0.997. The largest absolute Gasteiger partial charge is 0.497 e. The van der Waals surface area contributed by atoms with Gasteiger partial charge in [0, 0.05) is 28.7 Å². The number of hydrogen-bond acceptors (Lipinski definition) is 2. The van der Waals surface area contributed by atoms with Crippen molar-refractivity contribution < 1.29 is 9.53 Å². The number of carbonyl (C=O) groups excluding carboxylic acids is 1. The first kappa shape index (κ1) is 10.3. The number of nitrogens with one attached hydrogen (secondary N) is 1. The highest BCUT2D eigenvalue weighted by Crippen LogP contribution is 2.24. The molecule has 0 radical (unpaired) electrons. The van der Waals surface area contributed by atoms with Crippen LogP contribution < -0.4 is 10.5 Å². The molecule has 0 aliphatic rings. The van der Waals surface area contributed by atoms with Gasteiger partial charge in [-0.1, -0.05) is 0 Å². The van der Waals surface area contributed by atoms with Crippen molar-refractivity contribution in [3.8, 4) is 5.75 Å². The van der Waals surface area contributed by atoms with E-state index in [1.807, 2.05) is 24.4 Å². The average Bonchev–Trinajstić information content (AvgIpc) is 2.68. The monoisotopic (exact) mass is 216 g/mol. The molecule has 4 heteroatoms. The summed E-state index contributed by atoms with van der Waals surface area (Å²) in [6, 6.07) is 5.71. The lowest BCUT2D eigenvalue weighted by Gasteiger charge is -1.99. The molecule has 0 spiro atoms. The van der Waals surface area contributed by atoms with E-state index in [9.17, 15) is 4.79 Å². The van der Waals surface area contributed by atoms with Gasteiger partial charge in [-0.25, -0.2) is 0 Å². The molecular formula is C12H12N2O2. The first-order chi connectivity index (χ1) is 7.70. The molecule has 0 saturated carbocycles. The molecule has 2 aromatic rings. The number of methoxy groups -OCH3 is 1. The van der Waals surface area contributed by atoms with Gasteiger partial charge in [0.05, 0.1) is 7.11 Å². The lowest BCUT2D eigenvalue weighted by atomic mass is 10.1. The Morgan fingerprint density at radius 2 is 2.31 bits per heavy atom. The van der Waals surface area contributed by atoms with E-state index in [2.05, 4.69) is 4.98 Å². The Balaban J connectivity index is 2.49. The normalized spacial score (nSPS) is 11.1. The molecule has 0 bridgehead atoms. The third kappa shape index (κ3) is 1.91. The Labute approximate surface area is 92.7 Å². The number of primary amides is 1. The van der Waals surface area contributed by atoms with Crippen LogP contribution in [-0.4, -0.2) is 18.0 Å². The van der Waals surface area contributed by atoms with E-state index in [0.29, 0.717) is 0 Å². The molecule has 0 aliphatic carbocycles. The molecule has 0 atom stereocenters. The molecule has 4 nitrogen and oxygen atoms in total. The third-order valence-electron chi connectivity index (χ3n) is 2.35. The number of amides is 1. The Morgan fingerprint density at radius 1 is 1.50 bits per heavy atom. The molecule has 0 aliphatic heterocycles. The number of rotatable bonds is 3. The van der Waals surface area contributed by atoms with Crippen LogP contribution in [0.25, 0.3) is 17.0 Å². The molecule has 82 valence electrons. The number of H-pyrrole nitrogens is 1. The molecule has 3 N–H and O–H groups in total. The summed E-state index contributed by atoms with van der Waals surface area (Å²) < 4.78 is 5.14. The van der Waals surface area contributed by atoms with Crippen LogP contribution in [0.3, 0.4) is 0 Å². The molecule has 0 fully saturated rings. The first-order valence-electron chi connectivity index (χ1n) is 4.83. The average molecular weight is 216 g/mol. The standard InChI is InChI=1S/C12H12N2O2/c1-16-9-3-4-11-10(6-9)8(7-14-11)2-5-12(13)15/h2-7,14H,1H3,(H2,13,15). The lowest BCUT2D eigenvalue weighted by Crippen LogP contribution is -2.04. The minimum atomic E-state index is -0.461. The minimum Gasteiger partial charge on any atom is -0.497 e. The molecule has 1 aromatic carbocycles. The molecule has 1 heterocycles. The van der Waals surface area contributed by atoms with Gasteiger partial charge in [0.1, 0.15) is 5.75 Å². The number of benzene rings is 1. The SMILES string of the molecule is COc1ccc2[nH]cc(C=CC(N)=O)c2c1. The molecule has 1 amide bonds. The predicted octanol–water partition coefficient (Wildman–Crippen LogP) is 1.67. The van der Waals surface area contributed by atoms with Gasteiger partial charge in [0.15, 0.2) is 0 Å². The maximum Gasteiger partial charge on any atom is 0.241 e. The van der Waals surface area contributed by atoms with Crippen molar-refractivity contribution in [2.75, 3.05) is 7.11 Å². The first-order valence-corrected chi connectivity index (χ1v) is 4.83. The van der Waals surface area contributed by atoms with Gasteiger partial charge in [0.25, 0.3) is 0 Å². The summed E-state index contributed by atoms with van der Waals surface area (Å²) in [6.07, 6.45) is 4.84. The van der Waals surface area contributed by atoms with Crippen molar-refractivity contribution in [1.29, 1.82) is 0 Å². The number of nitrogens with two attached hydrogens (primary N) is 1. The molecule has 1 aromatic heterocycles. The number of hydrogen-bond donors (Lipinski definition) is 2. The smallest absolute Gasteiger partial charge is 0.241 e. The van der Waals surface area contributed by atoms with E-state index in [1.165, 1.54) is 6.08 Å². The van der Waals surface area contributed by atoms with Crippen LogP contribution in [0.4, 0.5) is 0 Å². The Kier molecular flexibility index (Phi) is 2.64. The molecule has 2 rings (SSSR count). The highest BCUT2D eigenvalue weighted by Gasteiger charge is 2.02. The van der Waals surface area contributed by atoms with Gasteiger partial charge in [0.2, 0.25) is 5.91 Å². The van der Waals surface area contributed by atoms with Crippen molar-refractivity contribution >= 4 is 22.9 Å². The Morgan fingerprint density at radius 3 is 3.00 bits per heavy atom. The topological polar surface area (TPSA) is 68.1 Å². The summed E-state index contributed by atoms with van der Waals surface area (Å²) in [4.78, 5) is 13.8. The van der Waals surface area contributed by atoms with Crippen LogP contribution in [0, 0.1) is 0 Å². The van der Waals surface area contributed by atoms with Crippen LogP contribution in [0.15, 0.2) is 30.5 Å². The van der Waals surface area contributed by atoms with Crippen LogP contribution >= 0.6 is 0 Å². The van der Waals surface area contributed by atoms with E-state index >= 15 is 0 Å². The summed E-state index contributed by atoms with van der Waals surface area (Å²) in [5.74, 6) is 0.318. The van der Waals surface area contributed by atoms with Crippen LogP contribution in [-0.2, 0) is 4.79 Å². The van der Waals surface area contributed by atoms with Gasteiger partial charge in [-0.2, -0.15) is 0 Å². The van der Waals surface area contributed by atoms with Crippen molar-refractivity contribution in [3.63, 3.8) is 0 Å². The fourth-order valence-electron chi connectivity index (χ4n) is 1.56. The summed E-state index contributed by atoms with van der Waals surface area (Å²) >= 11 is 0. The highest BCUT2D eigenvalue weighted by atomic mass is 16.5. The zero-order valence-electron chi connectivity index (χ0n) is 8.86. The van der Waals surface area contributed by atoms with Crippen LogP contribution in [0.1, 0.15) is 5.56 Å². The zero-order chi connectivity index (χ0) is 11.5. The highest BCUT2D eigenvalue weighted by molar-refractivity contribution is 5.95. The van der Waals surface area contributed by atoms with E-state index in [-0.39, 0.29) is 0 Å². The second kappa shape index (κ2) is 4.10. The number of carbonyl (C=O) groups is 1. The zero-order valence-corrected chi connectivity index (χ0v) is 8.86. The second-order valence-electron chi connectivity index (χ2n) is 3.39. The second-order valence-corrected chi connectivity index (χ2v) is 3.39. The van der Waals surface area contributed by atoms with Crippen molar-refractivity contribution in [1.82, 2.24) is 4.98 Å². The van der Waals surface area contributed by atoms with Crippen LogP contribution in [0.5, 0.6) is 5.75 Å². The minimum absolute atomic E-state index is 0.461. The molecule has 0 saturated heterocycles. The van der Waals surface area contributed by atoms with E-state index < -0.39 is 5.91 Å². The number of aromatic amines is 1. The van der Waals surface area contributed by atoms with Crippen LogP contribution in [0.2, 0.25) is 0 Å². The summed E-state index contributed by atoms with van der Waals surface area (Å²) in [6.45, 7) is 0. The van der Waals surface area contributed by atoms with Gasteiger partial charge in [-0.05, 0) is 24.3 Å². The van der Waals surface area contributed by atoms with Gasteiger partial charge in [-0.3, -0.25) is 4.79 Å². The maximum absolute atomic E-state index is 10.7. The number of aromatic nitrogens is 1. The summed E-state index contributed by atoms with van der Waals surface area (Å²) in [5.41, 5.74) is 6.95. The van der Waals surface area contributed by atoms with E-state index in [0.717, 1.165) is 22.2 Å². The molecule has 16 heavy (non-hydrogen) atoms. The predicted molar refractivity (Wildman–Crippen MR) is 63.1 cm³/mol. The molecular weight excluding hydrogens is 204 g/mol. The summed E-state index contributed by atoms with van der Waals surface area (Å²) in [7, 11) is 1.62. The van der Waals surface area contributed by atoms with Crippen molar-refractivity contribution in [2.45, 2.75) is 0 Å². The Bertz CT molecular complexity index is 555. The number of ether oxygens (including phenoxy) is 1. The van der Waals surface area contributed by atoms with E-state index in [1.54, 1.807) is 13.2 Å². The molecule has 0 unspecified atom stereocenters. The van der Waals surface area contributed by atoms with Gasteiger partial charge < -0.3 is 15.5 Å². The van der Waals surface area contributed by atoms with Crippen molar-refractivity contribution in [2.24, 2.45) is 5.73 Å². The van der Waals surface area contributed by atoms with Crippen molar-refractivity contribution in [3.05, 3.63) is 36.0 Å². The van der Waals surface area contributed by atoms with E-state index in [4.69, 9.17) is 10.5 Å². The van der Waals surface area contributed by atoms with Gasteiger partial charge in [-0.15, -0.1) is 0 Å². The maximum atomic E-state index is 10.7. The fraction of sp³-hybridized carbons (Fsp3) is 0.0833.